The van der Waals surface area contributed by atoms with Gasteiger partial charge < -0.3 is 16.3 Å². The molecule has 0 unspecified atom stereocenters. The summed E-state index contributed by atoms with van der Waals surface area (Å²) in [6.45, 7) is 2.26. The molecule has 0 bridgehead atoms. The van der Waals surface area contributed by atoms with Gasteiger partial charge in [-0.3, -0.25) is 4.79 Å². The Morgan fingerprint density at radius 3 is 3.07 bits per heavy atom. The lowest BCUT2D eigenvalue weighted by Gasteiger charge is -2.01. The Kier molecular flexibility index (Phi) is 4.04. The zero-order chi connectivity index (χ0) is 11.3. The van der Waals surface area contributed by atoms with Crippen LogP contribution in [-0.2, 0) is 11.3 Å². The zero-order valence-corrected chi connectivity index (χ0v) is 9.04. The molecule has 0 radical (unpaired) electrons. The Morgan fingerprint density at radius 2 is 2.53 bits per heavy atom. The molecule has 0 fully saturated rings. The first kappa shape index (κ1) is 11.4. The van der Waals surface area contributed by atoms with Gasteiger partial charge in [0.25, 0.3) is 0 Å². The van der Waals surface area contributed by atoms with E-state index in [0.717, 1.165) is 10.7 Å². The summed E-state index contributed by atoms with van der Waals surface area (Å²) in [6, 6.07) is 0. The van der Waals surface area contributed by atoms with Gasteiger partial charge in [-0.1, -0.05) is 5.16 Å². The van der Waals surface area contributed by atoms with Crippen LogP contribution in [0.15, 0.2) is 10.5 Å². The van der Waals surface area contributed by atoms with Crippen molar-refractivity contribution >= 4 is 23.1 Å². The molecule has 1 amide bonds. The van der Waals surface area contributed by atoms with Gasteiger partial charge in [-0.05, 0) is 6.92 Å². The summed E-state index contributed by atoms with van der Waals surface area (Å²) in [5, 5.41) is 16.4. The Morgan fingerprint density at radius 1 is 1.80 bits per heavy atom. The maximum absolute atomic E-state index is 11.2. The Bertz CT molecular complexity index is 374. The topological polar surface area (TPSA) is 101 Å². The van der Waals surface area contributed by atoms with Crippen LogP contribution >= 0.6 is 11.3 Å². The van der Waals surface area contributed by atoms with Crippen molar-refractivity contribution in [1.29, 1.82) is 0 Å². The van der Waals surface area contributed by atoms with Crippen LogP contribution < -0.4 is 11.1 Å². The Labute approximate surface area is 90.8 Å². The first-order valence-corrected chi connectivity index (χ1v) is 5.14. The molecule has 1 rings (SSSR count). The minimum Gasteiger partial charge on any atom is -0.409 e. The molecular formula is C8H12N4O2S. The number of oxime groups is 1. The summed E-state index contributed by atoms with van der Waals surface area (Å²) in [5.74, 6) is -0.405. The van der Waals surface area contributed by atoms with Crippen molar-refractivity contribution in [2.24, 2.45) is 10.9 Å². The number of rotatable bonds is 4. The monoisotopic (exact) mass is 228 g/mol. The van der Waals surface area contributed by atoms with E-state index in [1.165, 1.54) is 11.3 Å². The van der Waals surface area contributed by atoms with Crippen molar-refractivity contribution in [3.63, 3.8) is 0 Å². The maximum Gasteiger partial charge on any atom is 0.228 e. The van der Waals surface area contributed by atoms with Gasteiger partial charge in [0.1, 0.15) is 5.84 Å². The largest absolute Gasteiger partial charge is 0.409 e. The van der Waals surface area contributed by atoms with Gasteiger partial charge in [-0.25, -0.2) is 4.98 Å². The average Bonchev–Trinajstić information content (AvgIpc) is 2.61. The molecule has 1 heterocycles. The van der Waals surface area contributed by atoms with E-state index in [1.807, 2.05) is 12.3 Å². The lowest BCUT2D eigenvalue weighted by molar-refractivity contribution is -0.120. The van der Waals surface area contributed by atoms with E-state index in [2.05, 4.69) is 15.5 Å². The summed E-state index contributed by atoms with van der Waals surface area (Å²) in [7, 11) is 0. The summed E-state index contributed by atoms with van der Waals surface area (Å²) in [5.41, 5.74) is 5.98. The van der Waals surface area contributed by atoms with Crippen LogP contribution in [0.25, 0.3) is 0 Å². The van der Waals surface area contributed by atoms with Crippen LogP contribution in [0.1, 0.15) is 17.1 Å². The van der Waals surface area contributed by atoms with Gasteiger partial charge in [-0.2, -0.15) is 0 Å². The normalized spacial score (nSPS) is 11.4. The minimum atomic E-state index is -0.295. The number of hydrogen-bond acceptors (Lipinski definition) is 5. The molecule has 0 spiro atoms. The van der Waals surface area contributed by atoms with E-state index in [-0.39, 0.29) is 18.2 Å². The number of carbonyl (C=O) groups excluding carboxylic acids is 1. The fourth-order valence-electron chi connectivity index (χ4n) is 0.941. The maximum atomic E-state index is 11.2. The first-order chi connectivity index (χ1) is 7.11. The standard InChI is InChI=1S/C8H12N4O2S/c1-5-11-6(4-15-5)3-10-8(13)2-7(9)12-14/h4,14H,2-3H2,1H3,(H2,9,12)(H,10,13). The number of amides is 1. The second-order valence-corrected chi connectivity index (χ2v) is 3.96. The zero-order valence-electron chi connectivity index (χ0n) is 8.23. The van der Waals surface area contributed by atoms with Crippen LogP contribution in [0.3, 0.4) is 0 Å². The van der Waals surface area contributed by atoms with Crippen molar-refractivity contribution in [1.82, 2.24) is 10.3 Å². The smallest absolute Gasteiger partial charge is 0.228 e. The van der Waals surface area contributed by atoms with Gasteiger partial charge in [0.2, 0.25) is 5.91 Å². The SMILES string of the molecule is Cc1nc(CNC(=O)CC(N)=NO)cs1. The summed E-state index contributed by atoms with van der Waals surface area (Å²) in [6.07, 6.45) is -0.111. The highest BCUT2D eigenvalue weighted by Crippen LogP contribution is 2.07. The Hall–Kier alpha value is -1.63. The third-order valence-corrected chi connectivity index (χ3v) is 2.43. The quantitative estimate of drug-likeness (QED) is 0.296. The minimum absolute atomic E-state index is 0.109. The first-order valence-electron chi connectivity index (χ1n) is 4.26. The number of aromatic nitrogens is 1. The molecule has 0 aliphatic rings. The number of amidine groups is 1. The number of hydrogen-bond donors (Lipinski definition) is 3. The van der Waals surface area contributed by atoms with Gasteiger partial charge in [0, 0.05) is 5.38 Å². The van der Waals surface area contributed by atoms with Crippen molar-refractivity contribution in [3.8, 4) is 0 Å². The molecule has 0 aliphatic carbocycles. The third-order valence-electron chi connectivity index (χ3n) is 1.60. The number of aryl methyl sites for hydroxylation is 1. The number of carbonyl (C=O) groups is 1. The molecular weight excluding hydrogens is 216 g/mol. The highest BCUT2D eigenvalue weighted by atomic mass is 32.1. The summed E-state index contributed by atoms with van der Waals surface area (Å²) in [4.78, 5) is 15.4. The molecule has 0 aliphatic heterocycles. The van der Waals surface area contributed by atoms with Crippen molar-refractivity contribution in [2.75, 3.05) is 0 Å². The molecule has 0 aromatic carbocycles. The predicted octanol–water partition coefficient (Wildman–Crippen LogP) is 0.204. The molecule has 15 heavy (non-hydrogen) atoms. The number of nitrogens with one attached hydrogen (secondary N) is 1. The summed E-state index contributed by atoms with van der Waals surface area (Å²) < 4.78 is 0. The lowest BCUT2D eigenvalue weighted by atomic mass is 10.3. The van der Waals surface area contributed by atoms with E-state index >= 15 is 0 Å². The molecule has 7 heteroatoms. The Balaban J connectivity index is 2.34. The highest BCUT2D eigenvalue weighted by molar-refractivity contribution is 7.09. The van der Waals surface area contributed by atoms with Crippen molar-refractivity contribution in [3.05, 3.63) is 16.1 Å². The molecule has 1 aromatic heterocycles. The fraction of sp³-hybridized carbons (Fsp3) is 0.375. The molecule has 0 atom stereocenters. The molecule has 0 saturated heterocycles. The molecule has 6 nitrogen and oxygen atoms in total. The van der Waals surface area contributed by atoms with Crippen LogP contribution in [0, 0.1) is 6.92 Å². The number of nitrogens with two attached hydrogens (primary N) is 1. The van der Waals surface area contributed by atoms with E-state index in [0.29, 0.717) is 6.54 Å². The second-order valence-electron chi connectivity index (χ2n) is 2.90. The van der Waals surface area contributed by atoms with Gasteiger partial charge in [0.05, 0.1) is 23.7 Å². The lowest BCUT2D eigenvalue weighted by Crippen LogP contribution is -2.28. The molecule has 82 valence electrons. The van der Waals surface area contributed by atoms with E-state index in [1.54, 1.807) is 0 Å². The molecule has 1 aromatic rings. The van der Waals surface area contributed by atoms with E-state index in [4.69, 9.17) is 10.9 Å². The van der Waals surface area contributed by atoms with Gasteiger partial charge in [-0.15, -0.1) is 11.3 Å². The van der Waals surface area contributed by atoms with E-state index < -0.39 is 0 Å². The van der Waals surface area contributed by atoms with Crippen molar-refractivity contribution < 1.29 is 10.0 Å². The average molecular weight is 228 g/mol. The number of nitrogens with zero attached hydrogens (tertiary/aromatic N) is 2. The number of thiazole rings is 1. The van der Waals surface area contributed by atoms with Crippen LogP contribution in [0.4, 0.5) is 0 Å². The molecule has 4 N–H and O–H groups in total. The van der Waals surface area contributed by atoms with E-state index in [9.17, 15) is 4.79 Å². The van der Waals surface area contributed by atoms with Crippen LogP contribution in [0.5, 0.6) is 0 Å². The predicted molar refractivity (Wildman–Crippen MR) is 56.7 cm³/mol. The van der Waals surface area contributed by atoms with Crippen molar-refractivity contribution in [2.45, 2.75) is 19.9 Å². The highest BCUT2D eigenvalue weighted by Gasteiger charge is 2.05. The fourth-order valence-corrected chi connectivity index (χ4v) is 1.55. The molecule has 0 saturated carbocycles. The third kappa shape index (κ3) is 3.94. The van der Waals surface area contributed by atoms with Crippen LogP contribution in [-0.4, -0.2) is 21.9 Å². The summed E-state index contributed by atoms with van der Waals surface area (Å²) >= 11 is 1.52. The van der Waals surface area contributed by atoms with Crippen LogP contribution in [0.2, 0.25) is 0 Å². The van der Waals surface area contributed by atoms with Gasteiger partial charge >= 0.3 is 0 Å². The second kappa shape index (κ2) is 5.30. The van der Waals surface area contributed by atoms with Gasteiger partial charge in [0.15, 0.2) is 0 Å².